The second-order valence-corrected chi connectivity index (χ2v) is 10.0. The Morgan fingerprint density at radius 1 is 0.889 bits per heavy atom. The van der Waals surface area contributed by atoms with Crippen LogP contribution >= 0.6 is 0 Å². The molecule has 0 radical (unpaired) electrons. The Morgan fingerprint density at radius 3 is 2.19 bits per heavy atom. The Morgan fingerprint density at radius 2 is 1.58 bits per heavy atom. The van der Waals surface area contributed by atoms with Crippen molar-refractivity contribution in [2.45, 2.75) is 38.5 Å². The van der Waals surface area contributed by atoms with Gasteiger partial charge < -0.3 is 10.6 Å². The summed E-state index contributed by atoms with van der Waals surface area (Å²) in [6.45, 7) is 6.47. The van der Waals surface area contributed by atoms with Gasteiger partial charge in [0.05, 0.1) is 5.69 Å². The number of aldehydes is 1. The molecule has 0 aliphatic heterocycles. The SMILES string of the molecule is CC(C)(C)c1ccc(C=O)cc1.CNc1ccc(C2Cc3cnc(NC)nc3-c3ccccc32)cc1. The highest BCUT2D eigenvalue weighted by molar-refractivity contribution is 5.74. The highest BCUT2D eigenvalue weighted by Crippen LogP contribution is 2.41. The van der Waals surface area contributed by atoms with Gasteiger partial charge in [-0.05, 0) is 46.2 Å². The van der Waals surface area contributed by atoms with Gasteiger partial charge in [0.1, 0.15) is 6.29 Å². The molecule has 1 aliphatic rings. The van der Waals surface area contributed by atoms with Crippen LogP contribution in [0.1, 0.15) is 59.3 Å². The Labute approximate surface area is 214 Å². The van der Waals surface area contributed by atoms with Crippen molar-refractivity contribution in [2.75, 3.05) is 24.7 Å². The highest BCUT2D eigenvalue weighted by Gasteiger charge is 2.27. The summed E-state index contributed by atoms with van der Waals surface area (Å²) < 4.78 is 0. The fourth-order valence-corrected chi connectivity index (χ4v) is 4.50. The summed E-state index contributed by atoms with van der Waals surface area (Å²) in [6.07, 6.45) is 3.75. The molecule has 5 rings (SSSR count). The van der Waals surface area contributed by atoms with Crippen LogP contribution in [-0.2, 0) is 11.8 Å². The zero-order chi connectivity index (χ0) is 25.7. The maximum atomic E-state index is 10.4. The number of carbonyl (C=O) groups is 1. The van der Waals surface area contributed by atoms with Crippen molar-refractivity contribution in [1.29, 1.82) is 0 Å². The van der Waals surface area contributed by atoms with E-state index < -0.39 is 0 Å². The molecule has 1 atom stereocenters. The molecule has 0 amide bonds. The van der Waals surface area contributed by atoms with Crippen molar-refractivity contribution < 1.29 is 4.79 Å². The zero-order valence-electron chi connectivity index (χ0n) is 21.7. The lowest BCUT2D eigenvalue weighted by Gasteiger charge is -2.27. The second kappa shape index (κ2) is 10.7. The van der Waals surface area contributed by atoms with E-state index in [1.165, 1.54) is 27.8 Å². The van der Waals surface area contributed by atoms with Gasteiger partial charge in [0.2, 0.25) is 5.95 Å². The summed E-state index contributed by atoms with van der Waals surface area (Å²) in [7, 11) is 3.79. The van der Waals surface area contributed by atoms with E-state index in [0.29, 0.717) is 11.9 Å². The summed E-state index contributed by atoms with van der Waals surface area (Å²) in [5.74, 6) is 1.00. The predicted octanol–water partition coefficient (Wildman–Crippen LogP) is 6.71. The van der Waals surface area contributed by atoms with E-state index in [9.17, 15) is 4.79 Å². The fraction of sp³-hybridized carbons (Fsp3) is 0.258. The third-order valence-corrected chi connectivity index (χ3v) is 6.62. The first kappa shape index (κ1) is 25.1. The smallest absolute Gasteiger partial charge is 0.222 e. The van der Waals surface area contributed by atoms with Gasteiger partial charge in [0, 0.05) is 43.0 Å². The number of fused-ring (bicyclic) bond motifs is 3. The van der Waals surface area contributed by atoms with Crippen LogP contribution in [0.25, 0.3) is 11.3 Å². The van der Waals surface area contributed by atoms with Crippen molar-refractivity contribution in [1.82, 2.24) is 9.97 Å². The summed E-state index contributed by atoms with van der Waals surface area (Å²) in [6, 6.07) is 25.0. The van der Waals surface area contributed by atoms with Gasteiger partial charge in [0.25, 0.3) is 0 Å². The molecular weight excluding hydrogens is 444 g/mol. The lowest BCUT2D eigenvalue weighted by atomic mass is 9.78. The average Bonchev–Trinajstić information content (AvgIpc) is 2.92. The molecule has 3 aromatic carbocycles. The van der Waals surface area contributed by atoms with Crippen LogP contribution < -0.4 is 10.6 Å². The van der Waals surface area contributed by atoms with Gasteiger partial charge in [0.15, 0.2) is 0 Å². The minimum atomic E-state index is 0.168. The Hall–Kier alpha value is -3.99. The molecular formula is C31H34N4O. The van der Waals surface area contributed by atoms with Gasteiger partial charge in [-0.25, -0.2) is 9.97 Å². The number of anilines is 2. The van der Waals surface area contributed by atoms with Gasteiger partial charge in [-0.15, -0.1) is 0 Å². The summed E-state index contributed by atoms with van der Waals surface area (Å²) in [5.41, 5.74) is 9.42. The van der Waals surface area contributed by atoms with E-state index in [4.69, 9.17) is 4.98 Å². The number of carbonyl (C=O) groups excluding carboxylic acids is 1. The predicted molar refractivity (Wildman–Crippen MR) is 149 cm³/mol. The summed E-state index contributed by atoms with van der Waals surface area (Å²) in [4.78, 5) is 19.5. The monoisotopic (exact) mass is 478 g/mol. The van der Waals surface area contributed by atoms with Crippen LogP contribution in [0.4, 0.5) is 11.6 Å². The van der Waals surface area contributed by atoms with Crippen LogP contribution in [0.3, 0.4) is 0 Å². The lowest BCUT2D eigenvalue weighted by molar-refractivity contribution is 0.112. The Bertz CT molecular complexity index is 1320. The van der Waals surface area contributed by atoms with Crippen molar-refractivity contribution in [3.63, 3.8) is 0 Å². The minimum absolute atomic E-state index is 0.168. The molecule has 0 spiro atoms. The van der Waals surface area contributed by atoms with Crippen LogP contribution in [-0.4, -0.2) is 30.3 Å². The van der Waals surface area contributed by atoms with Gasteiger partial charge in [-0.3, -0.25) is 4.79 Å². The molecule has 184 valence electrons. The van der Waals surface area contributed by atoms with Crippen LogP contribution in [0.5, 0.6) is 0 Å². The topological polar surface area (TPSA) is 66.9 Å². The molecule has 36 heavy (non-hydrogen) atoms. The number of nitrogens with one attached hydrogen (secondary N) is 2. The van der Waals surface area contributed by atoms with E-state index in [0.717, 1.165) is 29.7 Å². The first-order valence-electron chi connectivity index (χ1n) is 12.3. The maximum Gasteiger partial charge on any atom is 0.222 e. The third kappa shape index (κ3) is 5.46. The first-order valence-corrected chi connectivity index (χ1v) is 12.3. The number of nitrogens with zero attached hydrogens (tertiary/aromatic N) is 2. The molecule has 1 unspecified atom stereocenters. The Kier molecular flexibility index (Phi) is 7.49. The van der Waals surface area contributed by atoms with Crippen molar-refractivity contribution in [3.05, 3.63) is 107 Å². The quantitative estimate of drug-likeness (QED) is 0.319. The highest BCUT2D eigenvalue weighted by atomic mass is 16.1. The standard InChI is InChI=1S/C20H20N4.C11H14O/c1-21-15-9-7-13(8-10-15)18-11-14-12-23-20(22-2)24-19(14)17-6-4-3-5-16(17)18;1-11(2,3)10-6-4-9(8-12)5-7-10/h3-10,12,18,21H,11H2,1-2H3,(H,22,23,24);4-8H,1-3H3. The Balaban J connectivity index is 0.000000214. The van der Waals surface area contributed by atoms with Crippen LogP contribution in [0.2, 0.25) is 0 Å². The second-order valence-electron chi connectivity index (χ2n) is 10.0. The summed E-state index contributed by atoms with van der Waals surface area (Å²) >= 11 is 0. The largest absolute Gasteiger partial charge is 0.388 e. The molecule has 0 fully saturated rings. The van der Waals surface area contributed by atoms with Gasteiger partial charge in [-0.2, -0.15) is 0 Å². The fourth-order valence-electron chi connectivity index (χ4n) is 4.50. The minimum Gasteiger partial charge on any atom is -0.388 e. The van der Waals surface area contributed by atoms with E-state index in [1.54, 1.807) is 0 Å². The number of benzene rings is 3. The molecule has 1 aromatic heterocycles. The van der Waals surface area contributed by atoms with Crippen LogP contribution in [0.15, 0.2) is 79.0 Å². The van der Waals surface area contributed by atoms with Crippen LogP contribution in [0, 0.1) is 0 Å². The average molecular weight is 479 g/mol. The van der Waals surface area contributed by atoms with Gasteiger partial charge >= 0.3 is 0 Å². The van der Waals surface area contributed by atoms with E-state index >= 15 is 0 Å². The molecule has 5 nitrogen and oxygen atoms in total. The van der Waals surface area contributed by atoms with Crippen molar-refractivity contribution in [3.8, 4) is 11.3 Å². The number of rotatable bonds is 4. The molecule has 0 bridgehead atoms. The molecule has 1 aliphatic carbocycles. The molecule has 1 heterocycles. The molecule has 0 saturated heterocycles. The van der Waals surface area contributed by atoms with Crippen molar-refractivity contribution >= 4 is 17.9 Å². The van der Waals surface area contributed by atoms with Crippen molar-refractivity contribution in [2.24, 2.45) is 0 Å². The van der Waals surface area contributed by atoms with E-state index in [-0.39, 0.29) is 5.41 Å². The van der Waals surface area contributed by atoms with E-state index in [2.05, 4.69) is 84.9 Å². The molecule has 0 saturated carbocycles. The van der Waals surface area contributed by atoms with E-state index in [1.807, 2.05) is 44.6 Å². The third-order valence-electron chi connectivity index (χ3n) is 6.62. The lowest BCUT2D eigenvalue weighted by Crippen LogP contribution is -2.15. The van der Waals surface area contributed by atoms with Gasteiger partial charge in [-0.1, -0.05) is 81.4 Å². The summed E-state index contributed by atoms with van der Waals surface area (Å²) in [5, 5.41) is 6.21. The molecule has 5 heteroatoms. The zero-order valence-corrected chi connectivity index (χ0v) is 21.7. The number of hydrogen-bond acceptors (Lipinski definition) is 5. The molecule has 4 aromatic rings. The molecule has 2 N–H and O–H groups in total. The number of hydrogen-bond donors (Lipinski definition) is 2. The normalized spacial score (nSPS) is 14.0. The maximum absolute atomic E-state index is 10.4. The number of aromatic nitrogens is 2. The first-order chi connectivity index (χ1) is 17.3.